The molecule has 0 amide bonds. The summed E-state index contributed by atoms with van der Waals surface area (Å²) in [6.45, 7) is 2.05. The molecule has 18 heavy (non-hydrogen) atoms. The molecule has 1 fully saturated rings. The molecular formula is C14H19BrFNO. The van der Waals surface area contributed by atoms with E-state index in [-0.39, 0.29) is 18.0 Å². The molecule has 1 aliphatic rings. The standard InChI is InChI=1S/C14H19BrFNO/c1-9(10-2-7-13(15)14(16)8-10)17-11-3-5-12(18)6-4-11/h2,7-9,11-12,17-18H,3-6H2,1H3. The Morgan fingerprint density at radius 3 is 2.61 bits per heavy atom. The second-order valence-corrected chi connectivity index (χ2v) is 5.92. The van der Waals surface area contributed by atoms with Crippen molar-refractivity contribution >= 4 is 15.9 Å². The Balaban J connectivity index is 1.94. The fourth-order valence-electron chi connectivity index (χ4n) is 2.47. The third-order valence-corrected chi connectivity index (χ3v) is 4.27. The fourth-order valence-corrected chi connectivity index (χ4v) is 2.72. The topological polar surface area (TPSA) is 32.3 Å². The molecule has 1 atom stereocenters. The van der Waals surface area contributed by atoms with Crippen LogP contribution in [0.3, 0.4) is 0 Å². The molecule has 0 aromatic heterocycles. The summed E-state index contributed by atoms with van der Waals surface area (Å²) in [5.74, 6) is -0.222. The van der Waals surface area contributed by atoms with Crippen LogP contribution in [0.25, 0.3) is 0 Å². The van der Waals surface area contributed by atoms with Gasteiger partial charge in [0.2, 0.25) is 0 Å². The number of aliphatic hydroxyl groups is 1. The third-order valence-electron chi connectivity index (χ3n) is 3.63. The first kappa shape index (κ1) is 14.0. The summed E-state index contributed by atoms with van der Waals surface area (Å²) in [5.41, 5.74) is 0.960. The van der Waals surface area contributed by atoms with Crippen molar-refractivity contribution < 1.29 is 9.50 Å². The van der Waals surface area contributed by atoms with Crippen molar-refractivity contribution in [2.75, 3.05) is 0 Å². The molecule has 1 aromatic carbocycles. The molecule has 1 aromatic rings. The van der Waals surface area contributed by atoms with Crippen molar-refractivity contribution in [2.24, 2.45) is 0 Å². The highest BCUT2D eigenvalue weighted by Gasteiger charge is 2.21. The van der Waals surface area contributed by atoms with E-state index < -0.39 is 0 Å². The van der Waals surface area contributed by atoms with E-state index in [1.54, 1.807) is 12.1 Å². The maximum Gasteiger partial charge on any atom is 0.137 e. The molecule has 1 unspecified atom stereocenters. The third kappa shape index (κ3) is 3.53. The molecule has 2 rings (SSSR count). The average molecular weight is 316 g/mol. The largest absolute Gasteiger partial charge is 0.393 e. The lowest BCUT2D eigenvalue weighted by Gasteiger charge is -2.29. The summed E-state index contributed by atoms with van der Waals surface area (Å²) in [4.78, 5) is 0. The van der Waals surface area contributed by atoms with E-state index in [1.807, 2.05) is 13.0 Å². The Bertz CT molecular complexity index is 405. The van der Waals surface area contributed by atoms with Crippen molar-refractivity contribution in [2.45, 2.75) is 50.8 Å². The van der Waals surface area contributed by atoms with Gasteiger partial charge in [0.15, 0.2) is 0 Å². The number of benzene rings is 1. The van der Waals surface area contributed by atoms with E-state index in [0.717, 1.165) is 31.2 Å². The van der Waals surface area contributed by atoms with E-state index in [1.165, 1.54) is 0 Å². The highest BCUT2D eigenvalue weighted by atomic mass is 79.9. The Labute approximate surface area is 116 Å². The number of halogens is 2. The number of nitrogens with one attached hydrogen (secondary N) is 1. The number of hydrogen-bond donors (Lipinski definition) is 2. The lowest BCUT2D eigenvalue weighted by atomic mass is 9.92. The van der Waals surface area contributed by atoms with Gasteiger partial charge in [-0.25, -0.2) is 4.39 Å². The SMILES string of the molecule is CC(NC1CCC(O)CC1)c1ccc(Br)c(F)c1. The molecule has 1 saturated carbocycles. The van der Waals surface area contributed by atoms with Gasteiger partial charge in [-0.15, -0.1) is 0 Å². The van der Waals surface area contributed by atoms with Crippen LogP contribution in [0.15, 0.2) is 22.7 Å². The minimum absolute atomic E-state index is 0.132. The first-order chi connectivity index (χ1) is 8.56. The molecule has 0 spiro atoms. The smallest absolute Gasteiger partial charge is 0.137 e. The van der Waals surface area contributed by atoms with E-state index in [2.05, 4.69) is 21.2 Å². The first-order valence-electron chi connectivity index (χ1n) is 6.45. The number of rotatable bonds is 3. The molecule has 2 N–H and O–H groups in total. The molecule has 0 aliphatic heterocycles. The van der Waals surface area contributed by atoms with E-state index in [9.17, 15) is 9.50 Å². The Morgan fingerprint density at radius 1 is 1.33 bits per heavy atom. The van der Waals surface area contributed by atoms with Gasteiger partial charge in [0.25, 0.3) is 0 Å². The van der Waals surface area contributed by atoms with Gasteiger partial charge >= 0.3 is 0 Å². The highest BCUT2D eigenvalue weighted by molar-refractivity contribution is 9.10. The summed E-state index contributed by atoms with van der Waals surface area (Å²) in [5, 5.41) is 13.0. The molecule has 0 bridgehead atoms. The zero-order valence-electron chi connectivity index (χ0n) is 10.5. The van der Waals surface area contributed by atoms with Crippen LogP contribution in [0, 0.1) is 5.82 Å². The molecule has 1 aliphatic carbocycles. The van der Waals surface area contributed by atoms with Crippen molar-refractivity contribution in [1.29, 1.82) is 0 Å². The van der Waals surface area contributed by atoms with Crippen LogP contribution >= 0.6 is 15.9 Å². The summed E-state index contributed by atoms with van der Waals surface area (Å²) in [6.07, 6.45) is 3.57. The van der Waals surface area contributed by atoms with Crippen LogP contribution in [0.4, 0.5) is 4.39 Å². The summed E-state index contributed by atoms with van der Waals surface area (Å²) >= 11 is 3.16. The van der Waals surface area contributed by atoms with Gasteiger partial charge in [0.05, 0.1) is 10.6 Å². The van der Waals surface area contributed by atoms with Crippen molar-refractivity contribution in [3.05, 3.63) is 34.1 Å². The summed E-state index contributed by atoms with van der Waals surface area (Å²) < 4.78 is 14.0. The quantitative estimate of drug-likeness (QED) is 0.894. The Kier molecular flexibility index (Phi) is 4.76. The number of hydrogen-bond acceptors (Lipinski definition) is 2. The van der Waals surface area contributed by atoms with Crippen LogP contribution in [0.5, 0.6) is 0 Å². The Morgan fingerprint density at radius 2 is 2.00 bits per heavy atom. The van der Waals surface area contributed by atoms with Crippen LogP contribution in [-0.2, 0) is 0 Å². The van der Waals surface area contributed by atoms with Gasteiger partial charge in [-0.1, -0.05) is 6.07 Å². The summed E-state index contributed by atoms with van der Waals surface area (Å²) in [6, 6.07) is 5.80. The monoisotopic (exact) mass is 315 g/mol. The molecular weight excluding hydrogens is 297 g/mol. The highest BCUT2D eigenvalue weighted by Crippen LogP contribution is 2.24. The predicted octanol–water partition coefficient (Wildman–Crippen LogP) is 3.54. The van der Waals surface area contributed by atoms with Crippen molar-refractivity contribution in [1.82, 2.24) is 5.32 Å². The van der Waals surface area contributed by atoms with E-state index >= 15 is 0 Å². The van der Waals surface area contributed by atoms with Gasteiger partial charge in [-0.3, -0.25) is 0 Å². The van der Waals surface area contributed by atoms with E-state index in [0.29, 0.717) is 10.5 Å². The van der Waals surface area contributed by atoms with Gasteiger partial charge in [0, 0.05) is 12.1 Å². The van der Waals surface area contributed by atoms with Gasteiger partial charge in [-0.05, 0) is 66.2 Å². The molecule has 4 heteroatoms. The second-order valence-electron chi connectivity index (χ2n) is 5.07. The van der Waals surface area contributed by atoms with Crippen molar-refractivity contribution in [3.8, 4) is 0 Å². The zero-order chi connectivity index (χ0) is 13.1. The molecule has 0 saturated heterocycles. The minimum atomic E-state index is -0.222. The Hall–Kier alpha value is -0.450. The van der Waals surface area contributed by atoms with Gasteiger partial charge < -0.3 is 10.4 Å². The number of aliphatic hydroxyl groups excluding tert-OH is 1. The maximum absolute atomic E-state index is 13.5. The fraction of sp³-hybridized carbons (Fsp3) is 0.571. The summed E-state index contributed by atoms with van der Waals surface area (Å²) in [7, 11) is 0. The maximum atomic E-state index is 13.5. The van der Waals surface area contributed by atoms with Crippen molar-refractivity contribution in [3.63, 3.8) is 0 Å². The van der Waals surface area contributed by atoms with Crippen LogP contribution in [0.1, 0.15) is 44.2 Å². The van der Waals surface area contributed by atoms with E-state index in [4.69, 9.17) is 0 Å². The van der Waals surface area contributed by atoms with Gasteiger partial charge in [0.1, 0.15) is 5.82 Å². The van der Waals surface area contributed by atoms with Gasteiger partial charge in [-0.2, -0.15) is 0 Å². The molecule has 2 nitrogen and oxygen atoms in total. The average Bonchev–Trinajstić information content (AvgIpc) is 2.35. The normalized spacial score (nSPS) is 26.0. The minimum Gasteiger partial charge on any atom is -0.393 e. The van der Waals surface area contributed by atoms with Crippen LogP contribution < -0.4 is 5.32 Å². The molecule has 100 valence electrons. The zero-order valence-corrected chi connectivity index (χ0v) is 12.1. The van der Waals surface area contributed by atoms with Crippen LogP contribution in [0.2, 0.25) is 0 Å². The van der Waals surface area contributed by atoms with Crippen LogP contribution in [-0.4, -0.2) is 17.3 Å². The molecule has 0 heterocycles. The predicted molar refractivity (Wildman–Crippen MR) is 73.9 cm³/mol. The lowest BCUT2D eigenvalue weighted by Crippen LogP contribution is -2.36. The lowest BCUT2D eigenvalue weighted by molar-refractivity contribution is 0.114. The second kappa shape index (κ2) is 6.13. The molecule has 0 radical (unpaired) electrons. The first-order valence-corrected chi connectivity index (χ1v) is 7.24.